The highest BCUT2D eigenvalue weighted by molar-refractivity contribution is 4.92. The normalized spacial score (nSPS) is 15.4. The number of halogens is 7. The van der Waals surface area contributed by atoms with Crippen LogP contribution in [0.2, 0.25) is 0 Å². The maximum atomic E-state index is 12.9. The van der Waals surface area contributed by atoms with Crippen molar-refractivity contribution in [1.29, 1.82) is 0 Å². The molecule has 0 aromatic carbocycles. The lowest BCUT2D eigenvalue weighted by Crippen LogP contribution is -2.50. The molecule has 0 aliphatic carbocycles. The smallest absolute Gasteiger partial charge is 0.234 e. The fraction of sp³-hybridized carbons (Fsp3) is 1.00. The van der Waals surface area contributed by atoms with E-state index in [4.69, 9.17) is 0 Å². The molecule has 0 aromatic heterocycles. The first kappa shape index (κ1) is 16.5. The molecule has 0 N–H and O–H groups in total. The zero-order valence-corrected chi connectivity index (χ0v) is 9.34. The molecule has 0 nitrogen and oxygen atoms in total. The maximum Gasteiger partial charge on any atom is 0.346 e. The van der Waals surface area contributed by atoms with Crippen LogP contribution in [0.4, 0.5) is 30.7 Å². The van der Waals surface area contributed by atoms with Gasteiger partial charge in [-0.25, -0.2) is 13.2 Å². The SMILES string of the molecule is CCCCCCC(F)(F)C(F)(F)C(F)C(F)F. The van der Waals surface area contributed by atoms with Crippen molar-refractivity contribution in [1.82, 2.24) is 0 Å². The lowest BCUT2D eigenvalue weighted by Gasteiger charge is -2.28. The van der Waals surface area contributed by atoms with E-state index in [1.807, 2.05) is 0 Å². The third-order valence-corrected chi connectivity index (χ3v) is 2.40. The van der Waals surface area contributed by atoms with Crippen LogP contribution in [0.1, 0.15) is 39.0 Å². The molecule has 0 aromatic rings. The second-order valence-corrected chi connectivity index (χ2v) is 3.87. The summed E-state index contributed by atoms with van der Waals surface area (Å²) in [6.45, 7) is 1.79. The molecule has 0 aliphatic rings. The second-order valence-electron chi connectivity index (χ2n) is 3.87. The molecule has 0 rings (SSSR count). The van der Waals surface area contributed by atoms with E-state index in [0.29, 0.717) is 12.8 Å². The molecule has 104 valence electrons. The Morgan fingerprint density at radius 3 is 1.82 bits per heavy atom. The molecule has 1 atom stereocenters. The third-order valence-electron chi connectivity index (χ3n) is 2.40. The molecule has 0 saturated carbocycles. The van der Waals surface area contributed by atoms with Gasteiger partial charge in [-0.15, -0.1) is 0 Å². The van der Waals surface area contributed by atoms with Crippen molar-refractivity contribution in [3.8, 4) is 0 Å². The summed E-state index contributed by atoms with van der Waals surface area (Å²) in [5.41, 5.74) is 0. The molecule has 17 heavy (non-hydrogen) atoms. The third kappa shape index (κ3) is 4.35. The topological polar surface area (TPSA) is 0 Å². The first-order valence-corrected chi connectivity index (χ1v) is 5.34. The van der Waals surface area contributed by atoms with Gasteiger partial charge in [0.05, 0.1) is 0 Å². The minimum Gasteiger partial charge on any atom is -0.234 e. The van der Waals surface area contributed by atoms with Crippen molar-refractivity contribution in [2.45, 2.75) is 63.5 Å². The van der Waals surface area contributed by atoms with E-state index in [1.165, 1.54) is 0 Å². The Kier molecular flexibility index (Phi) is 6.26. The standard InChI is InChI=1S/C10H15F7/c1-2-3-4-5-6-9(14,15)10(16,17)7(11)8(12)13/h7-8H,2-6H2,1H3. The van der Waals surface area contributed by atoms with E-state index >= 15 is 0 Å². The molecule has 0 radical (unpaired) electrons. The number of hydrogen-bond donors (Lipinski definition) is 0. The second kappa shape index (κ2) is 6.44. The Morgan fingerprint density at radius 2 is 1.41 bits per heavy atom. The average Bonchev–Trinajstić information content (AvgIpc) is 2.22. The van der Waals surface area contributed by atoms with Crippen LogP contribution in [-0.2, 0) is 0 Å². The Bertz CT molecular complexity index is 215. The van der Waals surface area contributed by atoms with Gasteiger partial charge in [-0.3, -0.25) is 0 Å². The molecule has 0 aliphatic heterocycles. The average molecular weight is 268 g/mol. The van der Waals surface area contributed by atoms with Crippen LogP contribution in [0.25, 0.3) is 0 Å². The van der Waals surface area contributed by atoms with Gasteiger partial charge in [-0.1, -0.05) is 26.2 Å². The quantitative estimate of drug-likeness (QED) is 0.437. The van der Waals surface area contributed by atoms with Gasteiger partial charge in [-0.2, -0.15) is 17.6 Å². The summed E-state index contributed by atoms with van der Waals surface area (Å²) >= 11 is 0. The largest absolute Gasteiger partial charge is 0.346 e. The van der Waals surface area contributed by atoms with Crippen LogP contribution in [0, 0.1) is 0 Å². The van der Waals surface area contributed by atoms with Gasteiger partial charge < -0.3 is 0 Å². The van der Waals surface area contributed by atoms with Crippen molar-refractivity contribution >= 4 is 0 Å². The number of rotatable bonds is 8. The highest BCUT2D eigenvalue weighted by atomic mass is 19.3. The van der Waals surface area contributed by atoms with Crippen LogP contribution in [-0.4, -0.2) is 24.4 Å². The maximum absolute atomic E-state index is 12.9. The Balaban J connectivity index is 4.45. The molecule has 0 spiro atoms. The molecular weight excluding hydrogens is 253 g/mol. The fourth-order valence-electron chi connectivity index (χ4n) is 1.30. The van der Waals surface area contributed by atoms with E-state index in [2.05, 4.69) is 0 Å². The van der Waals surface area contributed by atoms with Gasteiger partial charge in [0, 0.05) is 6.42 Å². The van der Waals surface area contributed by atoms with Gasteiger partial charge >= 0.3 is 11.8 Å². The Morgan fingerprint density at radius 1 is 0.882 bits per heavy atom. The summed E-state index contributed by atoms with van der Waals surface area (Å²) in [6.07, 6.45) is -8.21. The fourth-order valence-corrected chi connectivity index (χ4v) is 1.30. The number of unbranched alkanes of at least 4 members (excludes halogenated alkanes) is 3. The Labute approximate surface area is 95.2 Å². The lowest BCUT2D eigenvalue weighted by atomic mass is 10.00. The first-order chi connectivity index (χ1) is 7.66. The van der Waals surface area contributed by atoms with Crippen LogP contribution < -0.4 is 0 Å². The molecule has 0 amide bonds. The van der Waals surface area contributed by atoms with Gasteiger partial charge in [0.15, 0.2) is 0 Å². The zero-order valence-electron chi connectivity index (χ0n) is 9.34. The zero-order chi connectivity index (χ0) is 13.7. The van der Waals surface area contributed by atoms with E-state index in [1.54, 1.807) is 6.92 Å². The van der Waals surface area contributed by atoms with Crippen LogP contribution in [0.15, 0.2) is 0 Å². The van der Waals surface area contributed by atoms with Gasteiger partial charge in [0.1, 0.15) is 0 Å². The van der Waals surface area contributed by atoms with Crippen LogP contribution in [0.3, 0.4) is 0 Å². The van der Waals surface area contributed by atoms with E-state index in [-0.39, 0.29) is 12.8 Å². The summed E-state index contributed by atoms with van der Waals surface area (Å²) in [5.74, 6) is -10.1. The van der Waals surface area contributed by atoms with E-state index < -0.39 is 30.9 Å². The Hall–Kier alpha value is -0.490. The molecule has 1 unspecified atom stereocenters. The predicted molar refractivity (Wildman–Crippen MR) is 49.6 cm³/mol. The molecule has 0 fully saturated rings. The van der Waals surface area contributed by atoms with E-state index in [9.17, 15) is 30.7 Å². The molecule has 0 saturated heterocycles. The minimum atomic E-state index is -5.33. The van der Waals surface area contributed by atoms with Crippen molar-refractivity contribution < 1.29 is 30.7 Å². The van der Waals surface area contributed by atoms with E-state index in [0.717, 1.165) is 0 Å². The molecule has 0 heterocycles. The monoisotopic (exact) mass is 268 g/mol. The molecule has 0 bridgehead atoms. The van der Waals surface area contributed by atoms with Crippen LogP contribution in [0.5, 0.6) is 0 Å². The van der Waals surface area contributed by atoms with Crippen LogP contribution >= 0.6 is 0 Å². The lowest BCUT2D eigenvalue weighted by molar-refractivity contribution is -0.259. The van der Waals surface area contributed by atoms with Crippen molar-refractivity contribution in [2.75, 3.05) is 0 Å². The molecule has 7 heteroatoms. The number of hydrogen-bond acceptors (Lipinski definition) is 0. The van der Waals surface area contributed by atoms with Gasteiger partial charge in [0.2, 0.25) is 6.17 Å². The minimum absolute atomic E-state index is 0.244. The summed E-state index contributed by atoms with van der Waals surface area (Å²) in [7, 11) is 0. The van der Waals surface area contributed by atoms with Gasteiger partial charge in [0.25, 0.3) is 6.43 Å². The summed E-state index contributed by atoms with van der Waals surface area (Å²) in [5, 5.41) is 0. The van der Waals surface area contributed by atoms with Gasteiger partial charge in [-0.05, 0) is 6.42 Å². The number of alkyl halides is 7. The highest BCUT2D eigenvalue weighted by Gasteiger charge is 2.63. The highest BCUT2D eigenvalue weighted by Crippen LogP contribution is 2.43. The molecular formula is C10H15F7. The first-order valence-electron chi connectivity index (χ1n) is 5.34. The van der Waals surface area contributed by atoms with Crippen molar-refractivity contribution in [3.63, 3.8) is 0 Å². The predicted octanol–water partition coefficient (Wildman–Crippen LogP) is 4.83. The summed E-state index contributed by atoms with van der Waals surface area (Å²) in [6, 6.07) is 0. The van der Waals surface area contributed by atoms with Crippen molar-refractivity contribution in [3.05, 3.63) is 0 Å². The summed E-state index contributed by atoms with van der Waals surface area (Å²) in [4.78, 5) is 0. The summed E-state index contributed by atoms with van der Waals surface area (Å²) < 4.78 is 87.1. The van der Waals surface area contributed by atoms with Crippen molar-refractivity contribution in [2.24, 2.45) is 0 Å².